The lowest BCUT2D eigenvalue weighted by atomic mass is 10.3. The number of hydrogen-bond acceptors (Lipinski definition) is 4. The number of carbonyl (C=O) groups is 1. The Morgan fingerprint density at radius 2 is 1.80 bits per heavy atom. The molecule has 0 aliphatic heterocycles. The summed E-state index contributed by atoms with van der Waals surface area (Å²) in [7, 11) is -2.38. The Morgan fingerprint density at radius 1 is 1.16 bits per heavy atom. The highest BCUT2D eigenvalue weighted by Crippen LogP contribution is 2.24. The smallest absolute Gasteiger partial charge is 0.243 e. The van der Waals surface area contributed by atoms with Gasteiger partial charge in [0.25, 0.3) is 0 Å². The van der Waals surface area contributed by atoms with Crippen LogP contribution in [0.3, 0.4) is 0 Å². The van der Waals surface area contributed by atoms with E-state index in [1.54, 1.807) is 36.4 Å². The van der Waals surface area contributed by atoms with Crippen molar-refractivity contribution in [1.29, 1.82) is 0 Å². The van der Waals surface area contributed by atoms with E-state index in [-0.39, 0.29) is 11.4 Å². The molecule has 0 fully saturated rings. The first-order valence-corrected chi connectivity index (χ1v) is 9.81. The van der Waals surface area contributed by atoms with Gasteiger partial charge in [0.05, 0.1) is 23.7 Å². The highest BCUT2D eigenvalue weighted by atomic mass is 79.9. The van der Waals surface area contributed by atoms with E-state index in [0.29, 0.717) is 18.0 Å². The minimum atomic E-state index is -3.74. The molecule has 6 nitrogen and oxygen atoms in total. The van der Waals surface area contributed by atoms with Crippen LogP contribution in [0.25, 0.3) is 0 Å². The number of hydrogen-bond donors (Lipinski definition) is 1. The molecule has 0 spiro atoms. The van der Waals surface area contributed by atoms with Gasteiger partial charge in [-0.05, 0) is 43.3 Å². The minimum absolute atomic E-state index is 0.126. The molecule has 2 aromatic rings. The van der Waals surface area contributed by atoms with E-state index in [0.717, 1.165) is 8.78 Å². The number of benzene rings is 2. The highest BCUT2D eigenvalue weighted by molar-refractivity contribution is 9.10. The fourth-order valence-electron chi connectivity index (χ4n) is 2.11. The van der Waals surface area contributed by atoms with Crippen molar-refractivity contribution in [3.05, 3.63) is 53.0 Å². The molecule has 2 rings (SSSR count). The van der Waals surface area contributed by atoms with Crippen LogP contribution in [-0.4, -0.2) is 38.8 Å². The fraction of sp³-hybridized carbons (Fsp3) is 0.235. The van der Waals surface area contributed by atoms with Gasteiger partial charge in [0.15, 0.2) is 0 Å². The van der Waals surface area contributed by atoms with E-state index >= 15 is 0 Å². The molecule has 1 amide bonds. The van der Waals surface area contributed by atoms with Crippen molar-refractivity contribution in [2.24, 2.45) is 0 Å². The predicted octanol–water partition coefficient (Wildman–Crippen LogP) is 3.11. The minimum Gasteiger partial charge on any atom is -0.492 e. The number of nitrogens with one attached hydrogen (secondary N) is 1. The van der Waals surface area contributed by atoms with Crippen molar-refractivity contribution in [3.8, 4) is 5.75 Å². The number of rotatable bonds is 7. The summed E-state index contributed by atoms with van der Waals surface area (Å²) in [6.45, 7) is 2.00. The summed E-state index contributed by atoms with van der Waals surface area (Å²) < 4.78 is 32.2. The third kappa shape index (κ3) is 5.04. The summed E-state index contributed by atoms with van der Waals surface area (Å²) in [5.74, 6) is 0.0899. The van der Waals surface area contributed by atoms with Gasteiger partial charge in [0.2, 0.25) is 15.9 Å². The average molecular weight is 427 g/mol. The molecule has 2 aromatic carbocycles. The SMILES string of the molecule is CCOc1ccccc1NC(=O)CN(C)S(=O)(=O)c1ccc(Br)cc1. The van der Waals surface area contributed by atoms with Gasteiger partial charge in [0, 0.05) is 11.5 Å². The van der Waals surface area contributed by atoms with E-state index in [2.05, 4.69) is 21.2 Å². The first kappa shape index (κ1) is 19.4. The molecule has 0 saturated carbocycles. The fourth-order valence-corrected chi connectivity index (χ4v) is 3.51. The Balaban J connectivity index is 2.08. The summed E-state index contributed by atoms with van der Waals surface area (Å²) in [4.78, 5) is 12.4. The number of carbonyl (C=O) groups excluding carboxylic acids is 1. The van der Waals surface area contributed by atoms with Crippen LogP contribution < -0.4 is 10.1 Å². The number of likely N-dealkylation sites (N-methyl/N-ethyl adjacent to an activating group) is 1. The molecule has 0 unspecified atom stereocenters. The van der Waals surface area contributed by atoms with E-state index in [1.807, 2.05) is 6.92 Å². The molecule has 0 saturated heterocycles. The number of sulfonamides is 1. The van der Waals surface area contributed by atoms with Crippen LogP contribution in [0.5, 0.6) is 5.75 Å². The van der Waals surface area contributed by atoms with Crippen LogP contribution in [0.2, 0.25) is 0 Å². The maximum Gasteiger partial charge on any atom is 0.243 e. The molecule has 0 aliphatic rings. The first-order chi connectivity index (χ1) is 11.8. The van der Waals surface area contributed by atoms with Gasteiger partial charge in [-0.25, -0.2) is 8.42 Å². The third-order valence-electron chi connectivity index (χ3n) is 3.35. The second kappa shape index (κ2) is 8.46. The Morgan fingerprint density at radius 3 is 2.44 bits per heavy atom. The Bertz CT molecular complexity index is 838. The molecule has 0 heterocycles. The molecule has 0 bridgehead atoms. The third-order valence-corrected chi connectivity index (χ3v) is 5.70. The lowest BCUT2D eigenvalue weighted by Gasteiger charge is -2.17. The van der Waals surface area contributed by atoms with Crippen LogP contribution in [0.1, 0.15) is 6.92 Å². The van der Waals surface area contributed by atoms with Gasteiger partial charge < -0.3 is 10.1 Å². The lowest BCUT2D eigenvalue weighted by Crippen LogP contribution is -2.35. The zero-order valence-corrected chi connectivity index (χ0v) is 16.3. The average Bonchev–Trinajstić information content (AvgIpc) is 2.57. The van der Waals surface area contributed by atoms with Crippen LogP contribution in [0.15, 0.2) is 57.9 Å². The zero-order valence-electron chi connectivity index (χ0n) is 13.9. The van der Waals surface area contributed by atoms with Crippen molar-refractivity contribution in [1.82, 2.24) is 4.31 Å². The van der Waals surface area contributed by atoms with Crippen molar-refractivity contribution in [2.45, 2.75) is 11.8 Å². The standard InChI is InChI=1S/C17H19BrN2O4S/c1-3-24-16-7-5-4-6-15(16)19-17(21)12-20(2)25(22,23)14-10-8-13(18)9-11-14/h4-11H,3,12H2,1-2H3,(H,19,21). The summed E-state index contributed by atoms with van der Waals surface area (Å²) in [5.41, 5.74) is 0.504. The Labute approximate surface area is 156 Å². The monoisotopic (exact) mass is 426 g/mol. The molecule has 134 valence electrons. The second-order valence-electron chi connectivity index (χ2n) is 5.19. The maximum absolute atomic E-state index is 12.5. The number of anilines is 1. The van der Waals surface area contributed by atoms with Crippen LogP contribution >= 0.6 is 15.9 Å². The topological polar surface area (TPSA) is 75.7 Å². The second-order valence-corrected chi connectivity index (χ2v) is 8.15. The molecular formula is C17H19BrN2O4S. The van der Waals surface area contributed by atoms with Crippen molar-refractivity contribution in [3.63, 3.8) is 0 Å². The number of halogens is 1. The molecular weight excluding hydrogens is 408 g/mol. The highest BCUT2D eigenvalue weighted by Gasteiger charge is 2.23. The lowest BCUT2D eigenvalue weighted by molar-refractivity contribution is -0.116. The van der Waals surface area contributed by atoms with E-state index in [9.17, 15) is 13.2 Å². The molecule has 1 N–H and O–H groups in total. The van der Waals surface area contributed by atoms with Crippen molar-refractivity contribution < 1.29 is 17.9 Å². The number of nitrogens with zero attached hydrogens (tertiary/aromatic N) is 1. The van der Waals surface area contributed by atoms with Gasteiger partial charge in [-0.15, -0.1) is 0 Å². The summed E-state index contributed by atoms with van der Waals surface area (Å²) in [6.07, 6.45) is 0. The van der Waals surface area contributed by atoms with Crippen molar-refractivity contribution >= 4 is 37.5 Å². The van der Waals surface area contributed by atoms with E-state index < -0.39 is 15.9 Å². The largest absolute Gasteiger partial charge is 0.492 e. The number of para-hydroxylation sites is 2. The molecule has 0 atom stereocenters. The molecule has 0 aliphatic carbocycles. The van der Waals surface area contributed by atoms with Gasteiger partial charge in [-0.1, -0.05) is 28.1 Å². The molecule has 0 radical (unpaired) electrons. The zero-order chi connectivity index (χ0) is 18.4. The van der Waals surface area contributed by atoms with Crippen molar-refractivity contribution in [2.75, 3.05) is 25.5 Å². The Hall–Kier alpha value is -1.90. The predicted molar refractivity (Wildman–Crippen MR) is 100 cm³/mol. The Kier molecular flexibility index (Phi) is 6.57. The maximum atomic E-state index is 12.5. The van der Waals surface area contributed by atoms with Gasteiger partial charge in [0.1, 0.15) is 5.75 Å². The molecule has 0 aromatic heterocycles. The number of amides is 1. The molecule has 25 heavy (non-hydrogen) atoms. The van der Waals surface area contributed by atoms with Crippen LogP contribution in [0, 0.1) is 0 Å². The first-order valence-electron chi connectivity index (χ1n) is 7.58. The normalized spacial score (nSPS) is 11.4. The summed E-state index contributed by atoms with van der Waals surface area (Å²) >= 11 is 3.26. The molecule has 8 heteroatoms. The van der Waals surface area contributed by atoms with Gasteiger partial charge in [-0.3, -0.25) is 4.79 Å². The summed E-state index contributed by atoms with van der Waals surface area (Å²) in [6, 6.07) is 13.2. The van der Waals surface area contributed by atoms with Crippen LogP contribution in [-0.2, 0) is 14.8 Å². The quantitative estimate of drug-likeness (QED) is 0.737. The van der Waals surface area contributed by atoms with Gasteiger partial charge >= 0.3 is 0 Å². The number of ether oxygens (including phenoxy) is 1. The van der Waals surface area contributed by atoms with Crippen LogP contribution in [0.4, 0.5) is 5.69 Å². The van der Waals surface area contributed by atoms with E-state index in [1.165, 1.54) is 19.2 Å². The van der Waals surface area contributed by atoms with E-state index in [4.69, 9.17) is 4.74 Å². The summed E-state index contributed by atoms with van der Waals surface area (Å²) in [5, 5.41) is 2.68. The van der Waals surface area contributed by atoms with Gasteiger partial charge in [-0.2, -0.15) is 4.31 Å².